The van der Waals surface area contributed by atoms with Crippen LogP contribution in [0.4, 0.5) is 0 Å². The molecule has 0 saturated heterocycles. The van der Waals surface area contributed by atoms with Crippen molar-refractivity contribution >= 4 is 0 Å². The Morgan fingerprint density at radius 3 is 0.958 bits per heavy atom. The quantitative estimate of drug-likeness (QED) is 0.338. The zero-order valence-corrected chi connectivity index (χ0v) is 15.3. The van der Waals surface area contributed by atoms with Crippen molar-refractivity contribution < 1.29 is 0 Å². The molecule has 0 bridgehead atoms. The van der Waals surface area contributed by atoms with Crippen LogP contribution in [0.2, 0.25) is 0 Å². The maximum Gasteiger partial charge on any atom is -0.0279 e. The molecule has 0 radical (unpaired) electrons. The van der Waals surface area contributed by atoms with E-state index >= 15 is 0 Å². The normalized spacial score (nSPS) is 10.8. The average Bonchev–Trinajstić information content (AvgIpc) is 2.64. The monoisotopic (exact) mass is 322 g/mol. The van der Waals surface area contributed by atoms with Crippen LogP contribution in [0.5, 0.6) is 0 Å². The van der Waals surface area contributed by atoms with E-state index in [9.17, 15) is 0 Å². The summed E-state index contributed by atoms with van der Waals surface area (Å²) in [6.07, 6.45) is 16.6. The Balaban J connectivity index is 1.32. The fourth-order valence-electron chi connectivity index (χ4n) is 3.36. The highest BCUT2D eigenvalue weighted by molar-refractivity contribution is 5.15. The lowest BCUT2D eigenvalue weighted by molar-refractivity contribution is 0.551. The van der Waals surface area contributed by atoms with Crippen molar-refractivity contribution in [3.8, 4) is 0 Å². The zero-order valence-electron chi connectivity index (χ0n) is 15.3. The topological polar surface area (TPSA) is 0 Å². The van der Waals surface area contributed by atoms with Gasteiger partial charge in [0, 0.05) is 0 Å². The molecule has 0 aromatic heterocycles. The number of aryl methyl sites for hydroxylation is 2. The van der Waals surface area contributed by atoms with Gasteiger partial charge >= 0.3 is 0 Å². The van der Waals surface area contributed by atoms with Gasteiger partial charge in [0.15, 0.2) is 0 Å². The molecule has 0 N–H and O–H groups in total. The Bertz CT molecular complexity index is 451. The molecule has 0 heteroatoms. The molecule has 2 rings (SSSR count). The lowest BCUT2D eigenvalue weighted by atomic mass is 10.0. The van der Waals surface area contributed by atoms with E-state index in [4.69, 9.17) is 0 Å². The summed E-state index contributed by atoms with van der Waals surface area (Å²) >= 11 is 0. The van der Waals surface area contributed by atoms with Crippen LogP contribution in [-0.2, 0) is 12.8 Å². The van der Waals surface area contributed by atoms with Crippen LogP contribution in [0, 0.1) is 0 Å². The average molecular weight is 323 g/mol. The van der Waals surface area contributed by atoms with Gasteiger partial charge < -0.3 is 0 Å². The molecule has 2 aromatic carbocycles. The van der Waals surface area contributed by atoms with E-state index < -0.39 is 0 Å². The molecule has 0 aliphatic rings. The predicted molar refractivity (Wildman–Crippen MR) is 106 cm³/mol. The van der Waals surface area contributed by atoms with Crippen molar-refractivity contribution in [1.82, 2.24) is 0 Å². The molecule has 0 amide bonds. The van der Waals surface area contributed by atoms with E-state index in [1.54, 1.807) is 0 Å². The van der Waals surface area contributed by atoms with Crippen molar-refractivity contribution in [1.29, 1.82) is 0 Å². The van der Waals surface area contributed by atoms with Gasteiger partial charge in [-0.25, -0.2) is 0 Å². The molecule has 0 atom stereocenters. The summed E-state index contributed by atoms with van der Waals surface area (Å²) in [4.78, 5) is 0. The van der Waals surface area contributed by atoms with Gasteiger partial charge in [0.25, 0.3) is 0 Å². The molecule has 0 unspecified atom stereocenters. The second-order valence-corrected chi connectivity index (χ2v) is 7.01. The first-order valence-corrected chi connectivity index (χ1v) is 10.0. The first-order valence-electron chi connectivity index (χ1n) is 10.0. The first kappa shape index (κ1) is 18.8. The third-order valence-electron chi connectivity index (χ3n) is 4.87. The number of benzene rings is 2. The molecule has 0 spiro atoms. The van der Waals surface area contributed by atoms with E-state index in [1.165, 1.54) is 88.2 Å². The summed E-state index contributed by atoms with van der Waals surface area (Å²) in [5, 5.41) is 0. The smallest absolute Gasteiger partial charge is 0.0279 e. The second-order valence-electron chi connectivity index (χ2n) is 7.01. The fourth-order valence-corrected chi connectivity index (χ4v) is 3.36. The van der Waals surface area contributed by atoms with E-state index in [0.717, 1.165) is 0 Å². The third-order valence-corrected chi connectivity index (χ3v) is 4.87. The van der Waals surface area contributed by atoms with Crippen molar-refractivity contribution in [2.24, 2.45) is 0 Å². The van der Waals surface area contributed by atoms with Crippen LogP contribution in [-0.4, -0.2) is 0 Å². The van der Waals surface area contributed by atoms with Gasteiger partial charge in [0.1, 0.15) is 0 Å². The minimum absolute atomic E-state index is 1.25. The number of rotatable bonds is 13. The van der Waals surface area contributed by atoms with Crippen LogP contribution >= 0.6 is 0 Å². The largest absolute Gasteiger partial charge is 0.0622 e. The minimum atomic E-state index is 1.25. The highest BCUT2D eigenvalue weighted by atomic mass is 14.0. The lowest BCUT2D eigenvalue weighted by Crippen LogP contribution is -1.87. The zero-order chi connectivity index (χ0) is 16.7. The summed E-state index contributed by atoms with van der Waals surface area (Å²) in [5.74, 6) is 0. The third kappa shape index (κ3) is 8.91. The summed E-state index contributed by atoms with van der Waals surface area (Å²) in [5.41, 5.74) is 2.99. The molecule has 2 aromatic rings. The predicted octanol–water partition coefficient (Wildman–Crippen LogP) is 7.37. The van der Waals surface area contributed by atoms with E-state index in [1.807, 2.05) is 0 Å². The van der Waals surface area contributed by atoms with Gasteiger partial charge in [-0.3, -0.25) is 0 Å². The fraction of sp³-hybridized carbons (Fsp3) is 0.500. The van der Waals surface area contributed by atoms with Gasteiger partial charge in [-0.05, 0) is 36.8 Å². The Labute approximate surface area is 149 Å². The summed E-state index contributed by atoms with van der Waals surface area (Å²) in [6.45, 7) is 0. The van der Waals surface area contributed by atoms with Gasteiger partial charge in [-0.2, -0.15) is 0 Å². The van der Waals surface area contributed by atoms with Crippen molar-refractivity contribution in [2.45, 2.75) is 77.0 Å². The molecule has 0 aliphatic carbocycles. The van der Waals surface area contributed by atoms with E-state index in [-0.39, 0.29) is 0 Å². The highest BCUT2D eigenvalue weighted by Gasteiger charge is 1.96. The molecule has 0 fully saturated rings. The molecule has 24 heavy (non-hydrogen) atoms. The second kappa shape index (κ2) is 12.8. The molecule has 0 saturated carbocycles. The van der Waals surface area contributed by atoms with Gasteiger partial charge in [0.05, 0.1) is 0 Å². The van der Waals surface area contributed by atoms with Crippen molar-refractivity contribution in [3.05, 3.63) is 71.8 Å². The Morgan fingerprint density at radius 1 is 0.333 bits per heavy atom. The summed E-state index contributed by atoms with van der Waals surface area (Å²) in [6, 6.07) is 21.8. The minimum Gasteiger partial charge on any atom is -0.0622 e. The number of hydrogen-bond donors (Lipinski definition) is 0. The van der Waals surface area contributed by atoms with Crippen molar-refractivity contribution in [3.63, 3.8) is 0 Å². The van der Waals surface area contributed by atoms with E-state index in [2.05, 4.69) is 60.7 Å². The standard InChI is InChI=1S/C24H34/c1(3-5-7-11-17-23-19-13-9-14-20-23)2-4-6-8-12-18-24-21-15-10-16-22-24/h9-10,13-16,19-22H,1-8,11-12,17-18H2. The molecule has 0 heterocycles. The van der Waals surface area contributed by atoms with Crippen molar-refractivity contribution in [2.75, 3.05) is 0 Å². The van der Waals surface area contributed by atoms with Crippen LogP contribution < -0.4 is 0 Å². The first-order chi connectivity index (χ1) is 11.9. The van der Waals surface area contributed by atoms with Crippen LogP contribution in [0.15, 0.2) is 60.7 Å². The van der Waals surface area contributed by atoms with Crippen LogP contribution in [0.25, 0.3) is 0 Å². The molecular weight excluding hydrogens is 288 g/mol. The van der Waals surface area contributed by atoms with Gasteiger partial charge in [-0.1, -0.05) is 112 Å². The maximum absolute atomic E-state index is 2.25. The SMILES string of the molecule is c1ccc(CCCCCCCCCCCCc2ccccc2)cc1. The van der Waals surface area contributed by atoms with Gasteiger partial charge in [-0.15, -0.1) is 0 Å². The summed E-state index contributed by atoms with van der Waals surface area (Å²) < 4.78 is 0. The summed E-state index contributed by atoms with van der Waals surface area (Å²) in [7, 11) is 0. The highest BCUT2D eigenvalue weighted by Crippen LogP contribution is 2.13. The lowest BCUT2D eigenvalue weighted by Gasteiger charge is -2.04. The van der Waals surface area contributed by atoms with E-state index in [0.29, 0.717) is 0 Å². The van der Waals surface area contributed by atoms with Crippen LogP contribution in [0.1, 0.15) is 75.3 Å². The molecular formula is C24H34. The number of unbranched alkanes of at least 4 members (excludes halogenated alkanes) is 9. The molecule has 130 valence electrons. The Kier molecular flexibility index (Phi) is 10.0. The molecule has 0 nitrogen and oxygen atoms in total. The van der Waals surface area contributed by atoms with Gasteiger partial charge in [0.2, 0.25) is 0 Å². The number of hydrogen-bond acceptors (Lipinski definition) is 0. The van der Waals surface area contributed by atoms with Crippen LogP contribution in [0.3, 0.4) is 0 Å². The Hall–Kier alpha value is -1.56. The Morgan fingerprint density at radius 2 is 0.625 bits per heavy atom. The maximum atomic E-state index is 2.25. The molecule has 0 aliphatic heterocycles.